The summed E-state index contributed by atoms with van der Waals surface area (Å²) in [6, 6.07) is 13.7. The molecule has 6 nitrogen and oxygen atoms in total. The number of rotatable bonds is 7. The molecule has 3 heterocycles. The zero-order valence-corrected chi connectivity index (χ0v) is 17.0. The highest BCUT2D eigenvalue weighted by atomic mass is 32.2. The number of piperidine rings is 1. The maximum Gasteiger partial charge on any atom is 0.240 e. The van der Waals surface area contributed by atoms with Crippen molar-refractivity contribution in [3.8, 4) is 0 Å². The van der Waals surface area contributed by atoms with Gasteiger partial charge in [-0.05, 0) is 37.0 Å². The predicted molar refractivity (Wildman–Crippen MR) is 111 cm³/mol. The van der Waals surface area contributed by atoms with Crippen LogP contribution in [0.15, 0.2) is 57.5 Å². The Labute approximate surface area is 172 Å². The molecule has 1 fully saturated rings. The Hall–Kier alpha value is -2.32. The molecule has 3 aromatic rings. The number of anilines is 1. The van der Waals surface area contributed by atoms with E-state index in [1.165, 1.54) is 29.5 Å². The SMILES string of the molecule is O=C(C(Sc1nnc(NCc2ccco2)s1)c1ccccc1)N1CCCCC1. The van der Waals surface area contributed by atoms with Crippen molar-refractivity contribution < 1.29 is 9.21 Å². The van der Waals surface area contributed by atoms with E-state index in [1.807, 2.05) is 47.4 Å². The average molecular weight is 415 g/mol. The molecule has 1 aromatic carbocycles. The van der Waals surface area contributed by atoms with Crippen LogP contribution in [-0.2, 0) is 11.3 Å². The molecule has 0 radical (unpaired) electrons. The number of hydrogen-bond donors (Lipinski definition) is 1. The largest absolute Gasteiger partial charge is 0.467 e. The minimum Gasteiger partial charge on any atom is -0.467 e. The predicted octanol–water partition coefficient (Wildman–Crippen LogP) is 4.59. The first-order valence-electron chi connectivity index (χ1n) is 9.40. The van der Waals surface area contributed by atoms with Gasteiger partial charge in [-0.25, -0.2) is 0 Å². The molecule has 1 saturated heterocycles. The Bertz CT molecular complexity index is 877. The number of thioether (sulfide) groups is 1. The minimum absolute atomic E-state index is 0.163. The number of hydrogen-bond acceptors (Lipinski definition) is 7. The van der Waals surface area contributed by atoms with E-state index in [0.29, 0.717) is 6.54 Å². The van der Waals surface area contributed by atoms with Gasteiger partial charge in [0.25, 0.3) is 0 Å². The number of nitrogens with one attached hydrogen (secondary N) is 1. The lowest BCUT2D eigenvalue weighted by Gasteiger charge is -2.30. The molecule has 0 bridgehead atoms. The van der Waals surface area contributed by atoms with Crippen LogP contribution in [0, 0.1) is 0 Å². The fourth-order valence-corrected chi connectivity index (χ4v) is 5.20. The summed E-state index contributed by atoms with van der Waals surface area (Å²) in [4.78, 5) is 15.2. The monoisotopic (exact) mass is 414 g/mol. The molecule has 146 valence electrons. The van der Waals surface area contributed by atoms with E-state index in [1.54, 1.807) is 6.26 Å². The van der Waals surface area contributed by atoms with Crippen LogP contribution in [0.2, 0.25) is 0 Å². The minimum atomic E-state index is -0.301. The first kappa shape index (κ1) is 19.0. The number of aromatic nitrogens is 2. The number of furan rings is 1. The third-order valence-electron chi connectivity index (χ3n) is 4.61. The Kier molecular flexibility index (Phi) is 6.28. The van der Waals surface area contributed by atoms with Crippen molar-refractivity contribution in [2.24, 2.45) is 0 Å². The highest BCUT2D eigenvalue weighted by Crippen LogP contribution is 2.39. The van der Waals surface area contributed by atoms with Gasteiger partial charge in [0.15, 0.2) is 4.34 Å². The van der Waals surface area contributed by atoms with Gasteiger partial charge < -0.3 is 14.6 Å². The van der Waals surface area contributed by atoms with Crippen LogP contribution in [0.4, 0.5) is 5.13 Å². The summed E-state index contributed by atoms with van der Waals surface area (Å²) in [5.41, 5.74) is 1.00. The van der Waals surface area contributed by atoms with Crippen molar-refractivity contribution in [3.05, 3.63) is 60.1 Å². The highest BCUT2D eigenvalue weighted by molar-refractivity contribution is 8.01. The van der Waals surface area contributed by atoms with Crippen LogP contribution in [0.25, 0.3) is 0 Å². The number of nitrogens with zero attached hydrogens (tertiary/aromatic N) is 3. The quantitative estimate of drug-likeness (QED) is 0.570. The van der Waals surface area contributed by atoms with Gasteiger partial charge in [-0.2, -0.15) is 0 Å². The number of likely N-dealkylation sites (tertiary alicyclic amines) is 1. The standard InChI is InChI=1S/C20H22N4O2S2/c25-18(24-11-5-2-6-12-24)17(15-8-3-1-4-9-15)27-20-23-22-19(28-20)21-14-16-10-7-13-26-16/h1,3-4,7-10,13,17H,2,5-6,11-12,14H2,(H,21,22). The molecule has 1 amide bonds. The summed E-state index contributed by atoms with van der Waals surface area (Å²) in [5, 5.41) is 12.1. The third-order valence-corrected chi connectivity index (χ3v) is 6.82. The maximum absolute atomic E-state index is 13.2. The van der Waals surface area contributed by atoms with Gasteiger partial charge in [-0.1, -0.05) is 53.4 Å². The van der Waals surface area contributed by atoms with E-state index in [-0.39, 0.29) is 11.2 Å². The average Bonchev–Trinajstić information content (AvgIpc) is 3.43. The van der Waals surface area contributed by atoms with Crippen LogP contribution < -0.4 is 5.32 Å². The zero-order valence-electron chi connectivity index (χ0n) is 15.4. The van der Waals surface area contributed by atoms with Crippen LogP contribution in [0.1, 0.15) is 35.8 Å². The molecule has 1 aliphatic rings. The lowest BCUT2D eigenvalue weighted by atomic mass is 10.1. The first-order valence-corrected chi connectivity index (χ1v) is 11.1. The lowest BCUT2D eigenvalue weighted by Crippen LogP contribution is -2.38. The normalized spacial score (nSPS) is 15.4. The topological polar surface area (TPSA) is 71.3 Å². The second kappa shape index (κ2) is 9.25. The van der Waals surface area contributed by atoms with E-state index in [2.05, 4.69) is 15.5 Å². The smallest absolute Gasteiger partial charge is 0.240 e. The van der Waals surface area contributed by atoms with Crippen molar-refractivity contribution >= 4 is 34.1 Å². The molecule has 28 heavy (non-hydrogen) atoms. The molecule has 1 unspecified atom stereocenters. The van der Waals surface area contributed by atoms with E-state index < -0.39 is 0 Å². The van der Waals surface area contributed by atoms with Gasteiger partial charge in [-0.3, -0.25) is 4.79 Å². The Morgan fingerprint density at radius 2 is 1.96 bits per heavy atom. The summed E-state index contributed by atoms with van der Waals surface area (Å²) in [6.45, 7) is 2.24. The number of amides is 1. The van der Waals surface area contributed by atoms with Gasteiger partial charge in [0.2, 0.25) is 11.0 Å². The first-order chi connectivity index (χ1) is 13.8. The van der Waals surface area contributed by atoms with Crippen molar-refractivity contribution in [1.29, 1.82) is 0 Å². The van der Waals surface area contributed by atoms with Crippen molar-refractivity contribution in [2.45, 2.75) is 35.4 Å². The molecule has 1 atom stereocenters. The second-order valence-electron chi connectivity index (χ2n) is 6.60. The summed E-state index contributed by atoms with van der Waals surface area (Å²) in [5.74, 6) is 1.00. The Balaban J connectivity index is 1.47. The van der Waals surface area contributed by atoms with Gasteiger partial charge in [0.1, 0.15) is 11.0 Å². The van der Waals surface area contributed by atoms with Crippen molar-refractivity contribution in [1.82, 2.24) is 15.1 Å². The van der Waals surface area contributed by atoms with E-state index in [0.717, 1.165) is 46.7 Å². The fraction of sp³-hybridized carbons (Fsp3) is 0.350. The number of carbonyl (C=O) groups excluding carboxylic acids is 1. The molecule has 1 N–H and O–H groups in total. The number of carbonyl (C=O) groups is 1. The summed E-state index contributed by atoms with van der Waals surface area (Å²) < 4.78 is 6.10. The van der Waals surface area contributed by atoms with Gasteiger partial charge in [-0.15, -0.1) is 10.2 Å². The molecule has 0 aliphatic carbocycles. The summed E-state index contributed by atoms with van der Waals surface area (Å²) >= 11 is 2.94. The molecule has 1 aliphatic heterocycles. The van der Waals surface area contributed by atoms with Gasteiger partial charge in [0, 0.05) is 13.1 Å². The third kappa shape index (κ3) is 4.74. The molecule has 8 heteroatoms. The maximum atomic E-state index is 13.2. The molecular formula is C20H22N4O2S2. The van der Waals surface area contributed by atoms with Crippen LogP contribution in [-0.4, -0.2) is 34.1 Å². The lowest BCUT2D eigenvalue weighted by molar-refractivity contribution is -0.131. The summed E-state index contributed by atoms with van der Waals surface area (Å²) in [7, 11) is 0. The zero-order chi connectivity index (χ0) is 19.2. The molecule has 0 spiro atoms. The van der Waals surface area contributed by atoms with E-state index >= 15 is 0 Å². The van der Waals surface area contributed by atoms with Gasteiger partial charge >= 0.3 is 0 Å². The fourth-order valence-electron chi connectivity index (χ4n) is 3.17. The molecule has 0 saturated carbocycles. The van der Waals surface area contributed by atoms with Crippen LogP contribution >= 0.6 is 23.1 Å². The molecular weight excluding hydrogens is 392 g/mol. The van der Waals surface area contributed by atoms with Gasteiger partial charge in [0.05, 0.1) is 12.8 Å². The Morgan fingerprint density at radius 3 is 2.71 bits per heavy atom. The molecule has 2 aromatic heterocycles. The Morgan fingerprint density at radius 1 is 1.14 bits per heavy atom. The van der Waals surface area contributed by atoms with E-state index in [4.69, 9.17) is 4.42 Å². The summed E-state index contributed by atoms with van der Waals surface area (Å²) in [6.07, 6.45) is 5.01. The highest BCUT2D eigenvalue weighted by Gasteiger charge is 2.29. The second-order valence-corrected chi connectivity index (χ2v) is 8.93. The van der Waals surface area contributed by atoms with Crippen molar-refractivity contribution in [3.63, 3.8) is 0 Å². The van der Waals surface area contributed by atoms with Crippen molar-refractivity contribution in [2.75, 3.05) is 18.4 Å². The molecule has 4 rings (SSSR count). The van der Waals surface area contributed by atoms with Crippen LogP contribution in [0.3, 0.4) is 0 Å². The van der Waals surface area contributed by atoms with E-state index in [9.17, 15) is 4.79 Å². The number of benzene rings is 1. The van der Waals surface area contributed by atoms with Crippen LogP contribution in [0.5, 0.6) is 0 Å².